The predicted octanol–water partition coefficient (Wildman–Crippen LogP) is -7.69. The topological polar surface area (TPSA) is 792 Å². The lowest BCUT2D eigenvalue weighted by Crippen LogP contribution is -2.64. The van der Waals surface area contributed by atoms with Crippen molar-refractivity contribution in [2.45, 2.75) is 329 Å². The van der Waals surface area contributed by atoms with Crippen LogP contribution < -0.4 is 84.1 Å². The van der Waals surface area contributed by atoms with E-state index >= 15 is 0 Å². The van der Waals surface area contributed by atoms with Crippen LogP contribution in [0.1, 0.15) is 215 Å². The number of rotatable bonds is 72. The molecule has 0 radical (unpaired) electrons. The van der Waals surface area contributed by atoms with Crippen LogP contribution >= 0.6 is 7.82 Å². The summed E-state index contributed by atoms with van der Waals surface area (Å²) < 4.78 is 71.8. The molecule has 4 aliphatic heterocycles. The van der Waals surface area contributed by atoms with E-state index in [9.17, 15) is 138 Å². The Morgan fingerprint density at radius 1 is 0.331 bits per heavy atom. The third-order valence-electron chi connectivity index (χ3n) is 23.6. The summed E-state index contributed by atoms with van der Waals surface area (Å²) in [5, 5.41) is 160. The Bertz CT molecular complexity index is 3950. The van der Waals surface area contributed by atoms with Crippen LogP contribution in [0.2, 0.25) is 0 Å². The summed E-state index contributed by atoms with van der Waals surface area (Å²) in [7, 11) is -3.30. The highest BCUT2D eigenvalue weighted by Gasteiger charge is 2.50. The van der Waals surface area contributed by atoms with Gasteiger partial charge < -0.3 is 192 Å². The average Bonchev–Trinajstić information content (AvgIpc) is 0.817. The van der Waals surface area contributed by atoms with Gasteiger partial charge in [0.15, 0.2) is 25.2 Å². The molecule has 828 valence electrons. The second-order valence-electron chi connectivity index (χ2n) is 35.4. The minimum Gasteiger partial charge on any atom is -0.756 e. The summed E-state index contributed by atoms with van der Waals surface area (Å²) in [5.74, 6) is -7.46. The quantitative estimate of drug-likeness (QED) is 0.0213. The lowest BCUT2D eigenvalue weighted by molar-refractivity contribution is -0.270. The molecule has 4 heterocycles. The first-order valence-electron chi connectivity index (χ1n) is 49.4. The van der Waals surface area contributed by atoms with Crippen LogP contribution in [0.3, 0.4) is 0 Å². The van der Waals surface area contributed by atoms with Crippen LogP contribution in [0.25, 0.3) is 0 Å². The highest BCUT2D eigenvalue weighted by atomic mass is 31.2. The first-order valence-corrected chi connectivity index (χ1v) is 50.8. The van der Waals surface area contributed by atoms with Crippen molar-refractivity contribution in [2.75, 3.05) is 126 Å². The standard InChI is InChI=1S/C91H155N14O39P/c1-53(110)100-72-80(124)76(120)62(49-106)141-88(72)136-40-20-12-28-67(115)93-33-17-10-24-60(104-70(118)30-14-22-42-138-90-74(102-55(3)112)82(126)78(122)64(51-108)143-90)86(130)98-37-35-96-84(128)57-46-58(48-59(47-57)135-45-39-95-69(117)27-9-8-26-66(114)92-32-16-6-7-19-44-140-145(132,133)134-5)85(129)97-36-38-99-87(131)61(105-71(119)31-15-23-43-139-91-75(103-56(4)113)83(127)79(123)65(52-109)144-91)25-11-18-34-94-68(116)29-13-21-41-137-89-73(101-54(2)111)81(125)77(121)63(50-107)142-89/h46-48,60-65,72-83,88-91,106-109,120-127H,6-45,49-52H2,1-5H3,(H,92,114)(H,93,115)(H,94,116)(H,95,117)(H,96,128)(H,97,129)(H,98,130)(H,99,131)(H,100,110)(H,101,111)(H,102,112)(H,103,113)(H,104,118)(H,105,119)(H,132,133)/p-1/t60-,61-,62?,63?,64?,65?,72?,73?,74?,75?,76?,77?,78?,79?,80?,81?,82?,83?,88?,89?,90?,91?/m0/s1. The number of phosphoric ester groups is 1. The van der Waals surface area contributed by atoms with Crippen LogP contribution in [0.5, 0.6) is 5.75 Å². The largest absolute Gasteiger partial charge is 0.756 e. The Morgan fingerprint density at radius 3 is 0.910 bits per heavy atom. The molecule has 23 atom stereocenters. The van der Waals surface area contributed by atoms with Crippen molar-refractivity contribution in [2.24, 2.45) is 0 Å². The first-order chi connectivity index (χ1) is 69.2. The highest BCUT2D eigenvalue weighted by molar-refractivity contribution is 7.45. The Hall–Kier alpha value is -9.09. The minimum absolute atomic E-state index is 0.0111. The second-order valence-corrected chi connectivity index (χ2v) is 37.0. The number of aliphatic hydroxyl groups excluding tert-OH is 12. The van der Waals surface area contributed by atoms with Crippen LogP contribution in [0.4, 0.5) is 0 Å². The molecular formula is C91H154N14O39P-. The Balaban J connectivity index is 1.24. The van der Waals surface area contributed by atoms with E-state index in [1.165, 1.54) is 45.9 Å². The Morgan fingerprint density at radius 2 is 0.607 bits per heavy atom. The lowest BCUT2D eigenvalue weighted by Gasteiger charge is -2.42. The molecule has 0 spiro atoms. The zero-order chi connectivity index (χ0) is 107. The molecule has 1 aromatic rings. The van der Waals surface area contributed by atoms with Crippen molar-refractivity contribution < 1.29 is 190 Å². The van der Waals surface area contributed by atoms with Crippen molar-refractivity contribution in [1.29, 1.82) is 0 Å². The normalized spacial score (nSPS) is 24.8. The van der Waals surface area contributed by atoms with E-state index in [4.69, 9.17) is 47.2 Å². The fraction of sp³-hybridized carbons (Fsp3) is 0.780. The van der Waals surface area contributed by atoms with Gasteiger partial charge in [0.2, 0.25) is 70.9 Å². The fourth-order valence-electron chi connectivity index (χ4n) is 15.7. The zero-order valence-corrected chi connectivity index (χ0v) is 83.8. The third kappa shape index (κ3) is 48.4. The SMILES string of the molecule is COP(=O)([O-])OCCCCCCNC(=O)CCCCC(=O)NCCOc1cc(C(=O)NCCNC(=O)[C@H](CCCCNC(=O)CCCCOC2OC(CO)C(O)C(O)C2NC(C)=O)NC(=O)CCCCOC2OC(CO)C(O)C(O)C2NC(C)=O)cc(C(=O)NCCNC(=O)[C@H](CCCCNC(=O)CCCCOC2OC(CO)C(O)C(O)C2NC(C)=O)NC(=O)CCCCOC2OC(CO)C(O)C(O)C2NC(C)=O)c1. The van der Waals surface area contributed by atoms with Crippen LogP contribution in [-0.2, 0) is 109 Å². The molecule has 0 bridgehead atoms. The van der Waals surface area contributed by atoms with Crippen molar-refractivity contribution in [3.8, 4) is 5.75 Å². The van der Waals surface area contributed by atoms with Crippen molar-refractivity contribution in [1.82, 2.24) is 74.4 Å². The summed E-state index contributed by atoms with van der Waals surface area (Å²) >= 11 is 0. The summed E-state index contributed by atoms with van der Waals surface area (Å²) in [6, 6.07) is -3.22. The van der Waals surface area contributed by atoms with Gasteiger partial charge in [0.05, 0.1) is 39.6 Å². The van der Waals surface area contributed by atoms with E-state index in [-0.39, 0.29) is 216 Å². The number of hydrogen-bond acceptors (Lipinski definition) is 39. The van der Waals surface area contributed by atoms with E-state index in [0.717, 1.165) is 7.11 Å². The average molecular weight is 2100 g/mol. The van der Waals surface area contributed by atoms with Crippen molar-refractivity contribution >= 4 is 90.5 Å². The number of carbonyl (C=O) groups excluding carboxylic acids is 14. The molecule has 5 rings (SSSR count). The van der Waals surface area contributed by atoms with E-state index in [1.54, 1.807) is 0 Å². The summed E-state index contributed by atoms with van der Waals surface area (Å²) in [4.78, 5) is 194. The van der Waals surface area contributed by atoms with E-state index in [2.05, 4.69) is 79.0 Å². The van der Waals surface area contributed by atoms with Crippen LogP contribution in [0.15, 0.2) is 18.2 Å². The molecule has 1 aromatic carbocycles. The molecule has 145 heavy (non-hydrogen) atoms. The molecule has 14 amide bonds. The maximum atomic E-state index is 14.2. The maximum Gasteiger partial charge on any atom is 0.267 e. The summed E-state index contributed by atoms with van der Waals surface area (Å²) in [5.41, 5.74) is -0.257. The lowest BCUT2D eigenvalue weighted by atomic mass is 9.97. The molecular weight excluding hydrogens is 1940 g/mol. The van der Waals surface area contributed by atoms with Gasteiger partial charge >= 0.3 is 0 Å². The molecule has 4 aliphatic rings. The predicted molar refractivity (Wildman–Crippen MR) is 504 cm³/mol. The number of nitrogens with one attached hydrogen (secondary N) is 14. The van der Waals surface area contributed by atoms with Gasteiger partial charge in [-0.15, -0.1) is 0 Å². The van der Waals surface area contributed by atoms with Gasteiger partial charge in [0.25, 0.3) is 19.6 Å². The number of amides is 14. The molecule has 0 aliphatic carbocycles. The fourth-order valence-corrected chi connectivity index (χ4v) is 16.2. The second kappa shape index (κ2) is 70.0. The monoisotopic (exact) mass is 2100 g/mol. The summed E-state index contributed by atoms with van der Waals surface area (Å²) in [6.07, 6.45) is -15.5. The van der Waals surface area contributed by atoms with Gasteiger partial charge in [-0.1, -0.05) is 12.8 Å². The number of ether oxygens (including phenoxy) is 9. The number of hydrogen-bond donors (Lipinski definition) is 26. The van der Waals surface area contributed by atoms with E-state index < -0.39 is 228 Å². The van der Waals surface area contributed by atoms with Gasteiger partial charge in [0, 0.05) is 157 Å². The van der Waals surface area contributed by atoms with Gasteiger partial charge in [-0.25, -0.2) is 0 Å². The third-order valence-corrected chi connectivity index (χ3v) is 24.5. The van der Waals surface area contributed by atoms with Crippen LogP contribution in [-0.4, -0.2) is 404 Å². The molecule has 0 aromatic heterocycles. The van der Waals surface area contributed by atoms with E-state index in [0.29, 0.717) is 83.6 Å². The van der Waals surface area contributed by atoms with Gasteiger partial charge in [-0.2, -0.15) is 0 Å². The zero-order valence-electron chi connectivity index (χ0n) is 82.9. The molecule has 21 unspecified atom stereocenters. The Labute approximate surface area is 841 Å². The van der Waals surface area contributed by atoms with Gasteiger partial charge in [0.1, 0.15) is 122 Å². The number of phosphoric acid groups is 1. The van der Waals surface area contributed by atoms with Gasteiger partial charge in [-0.3, -0.25) is 71.7 Å². The molecule has 53 nitrogen and oxygen atoms in total. The maximum absolute atomic E-state index is 14.2. The smallest absolute Gasteiger partial charge is 0.267 e. The molecule has 0 saturated carbocycles. The van der Waals surface area contributed by atoms with Crippen LogP contribution in [0, 0.1) is 0 Å². The molecule has 4 saturated heterocycles. The first kappa shape index (κ1) is 126. The highest BCUT2D eigenvalue weighted by Crippen LogP contribution is 2.37. The molecule has 26 N–H and O–H groups in total. The number of carbonyl (C=O) groups is 14. The number of benzene rings is 1. The molecule has 4 fully saturated rings. The number of unbranched alkanes of at least 4 members (excludes halogenated alkanes) is 10. The van der Waals surface area contributed by atoms with Crippen molar-refractivity contribution in [3.05, 3.63) is 29.3 Å². The molecule has 54 heteroatoms. The Kier molecular flexibility index (Phi) is 61.0. The van der Waals surface area contributed by atoms with E-state index in [1.807, 2.05) is 0 Å². The minimum atomic E-state index is -4.31. The van der Waals surface area contributed by atoms with Gasteiger partial charge in [-0.05, 0) is 134 Å². The summed E-state index contributed by atoms with van der Waals surface area (Å²) in [6.45, 7) is 1.50. The van der Waals surface area contributed by atoms with Crippen molar-refractivity contribution in [3.63, 3.8) is 0 Å². The number of aliphatic hydroxyl groups is 12.